The SMILES string of the molecule is CN=C(NCc1ccc(OC)c(C(=O)OC)c1)NCc1nnc2ccccn12.I. The number of halogens is 1. The molecule has 0 amide bonds. The van der Waals surface area contributed by atoms with Crippen molar-refractivity contribution in [3.63, 3.8) is 0 Å². The Kier molecular flexibility index (Phi) is 8.19. The molecule has 2 N–H and O–H groups in total. The molecule has 0 radical (unpaired) electrons. The van der Waals surface area contributed by atoms with Crippen LogP contribution in [0.2, 0.25) is 0 Å². The van der Waals surface area contributed by atoms with Crippen LogP contribution in [0.1, 0.15) is 21.7 Å². The summed E-state index contributed by atoms with van der Waals surface area (Å²) >= 11 is 0. The number of fused-ring (bicyclic) bond motifs is 1. The number of aromatic nitrogens is 3. The Morgan fingerprint density at radius 3 is 2.66 bits per heavy atom. The maximum atomic E-state index is 11.9. The van der Waals surface area contributed by atoms with Gasteiger partial charge in [0.15, 0.2) is 17.4 Å². The van der Waals surface area contributed by atoms with Crippen molar-refractivity contribution in [2.75, 3.05) is 21.3 Å². The van der Waals surface area contributed by atoms with Crippen molar-refractivity contribution in [3.8, 4) is 5.75 Å². The van der Waals surface area contributed by atoms with Gasteiger partial charge in [0.05, 0.1) is 20.8 Å². The fourth-order valence-corrected chi connectivity index (χ4v) is 2.72. The van der Waals surface area contributed by atoms with Crippen molar-refractivity contribution in [1.29, 1.82) is 0 Å². The van der Waals surface area contributed by atoms with E-state index in [1.165, 1.54) is 14.2 Å². The molecule has 0 fully saturated rings. The van der Waals surface area contributed by atoms with Crippen molar-refractivity contribution in [2.45, 2.75) is 13.1 Å². The number of esters is 1. The molecule has 2 heterocycles. The quantitative estimate of drug-likeness (QED) is 0.227. The Hall–Kier alpha value is -2.89. The Labute approximate surface area is 185 Å². The van der Waals surface area contributed by atoms with Crippen molar-refractivity contribution in [3.05, 3.63) is 59.5 Å². The van der Waals surface area contributed by atoms with E-state index >= 15 is 0 Å². The lowest BCUT2D eigenvalue weighted by Gasteiger charge is -2.13. The number of rotatable bonds is 6. The van der Waals surface area contributed by atoms with E-state index in [0.717, 1.165) is 17.0 Å². The number of nitrogens with zero attached hydrogens (tertiary/aromatic N) is 4. The topological polar surface area (TPSA) is 102 Å². The minimum Gasteiger partial charge on any atom is -0.496 e. The van der Waals surface area contributed by atoms with Crippen LogP contribution in [0.4, 0.5) is 0 Å². The Balaban J connectivity index is 0.00000300. The minimum atomic E-state index is -0.445. The number of carbonyl (C=O) groups is 1. The van der Waals surface area contributed by atoms with E-state index in [4.69, 9.17) is 9.47 Å². The number of aliphatic imine (C=N–C) groups is 1. The number of methoxy groups -OCH3 is 2. The zero-order valence-corrected chi connectivity index (χ0v) is 18.7. The molecule has 29 heavy (non-hydrogen) atoms. The molecular formula is C19H23IN6O3. The highest BCUT2D eigenvalue weighted by molar-refractivity contribution is 14.0. The smallest absolute Gasteiger partial charge is 0.341 e. The molecule has 0 spiro atoms. The van der Waals surface area contributed by atoms with E-state index in [1.54, 1.807) is 19.2 Å². The Morgan fingerprint density at radius 1 is 1.14 bits per heavy atom. The molecule has 0 saturated carbocycles. The molecule has 0 unspecified atom stereocenters. The first-order valence-corrected chi connectivity index (χ1v) is 8.64. The van der Waals surface area contributed by atoms with Crippen LogP contribution in [-0.2, 0) is 17.8 Å². The molecule has 0 atom stereocenters. The van der Waals surface area contributed by atoms with E-state index in [-0.39, 0.29) is 24.0 Å². The first kappa shape index (κ1) is 22.4. The lowest BCUT2D eigenvalue weighted by Crippen LogP contribution is -2.36. The van der Waals surface area contributed by atoms with Crippen molar-refractivity contribution in [2.24, 2.45) is 4.99 Å². The maximum absolute atomic E-state index is 11.9. The molecule has 0 aliphatic rings. The molecule has 1 aromatic carbocycles. The third-order valence-corrected chi connectivity index (χ3v) is 4.15. The summed E-state index contributed by atoms with van der Waals surface area (Å²) < 4.78 is 11.9. The van der Waals surface area contributed by atoms with Crippen LogP contribution >= 0.6 is 24.0 Å². The van der Waals surface area contributed by atoms with Gasteiger partial charge in [-0.25, -0.2) is 4.79 Å². The molecular weight excluding hydrogens is 487 g/mol. The fraction of sp³-hybridized carbons (Fsp3) is 0.263. The zero-order valence-electron chi connectivity index (χ0n) is 16.4. The lowest BCUT2D eigenvalue weighted by molar-refractivity contribution is 0.0597. The van der Waals surface area contributed by atoms with E-state index < -0.39 is 5.97 Å². The van der Waals surface area contributed by atoms with Gasteiger partial charge < -0.3 is 20.1 Å². The number of hydrogen-bond donors (Lipinski definition) is 2. The summed E-state index contributed by atoms with van der Waals surface area (Å²) in [6.45, 7) is 0.926. The van der Waals surface area contributed by atoms with Gasteiger partial charge in [-0.3, -0.25) is 9.39 Å². The first-order chi connectivity index (χ1) is 13.7. The fourth-order valence-electron chi connectivity index (χ4n) is 2.72. The Bertz CT molecular complexity index is 1000. The number of carbonyl (C=O) groups excluding carboxylic acids is 1. The highest BCUT2D eigenvalue weighted by Crippen LogP contribution is 2.20. The van der Waals surface area contributed by atoms with E-state index in [9.17, 15) is 4.79 Å². The summed E-state index contributed by atoms with van der Waals surface area (Å²) in [5, 5.41) is 14.7. The number of hydrogen-bond acceptors (Lipinski definition) is 6. The van der Waals surface area contributed by atoms with Crippen LogP contribution in [0.3, 0.4) is 0 Å². The summed E-state index contributed by atoms with van der Waals surface area (Å²) in [7, 11) is 4.54. The third kappa shape index (κ3) is 5.34. The number of ether oxygens (including phenoxy) is 2. The number of guanidine groups is 1. The zero-order chi connectivity index (χ0) is 19.9. The van der Waals surface area contributed by atoms with Gasteiger partial charge in [0, 0.05) is 19.8 Å². The van der Waals surface area contributed by atoms with Crippen LogP contribution in [0.25, 0.3) is 5.65 Å². The summed E-state index contributed by atoms with van der Waals surface area (Å²) in [5.74, 6) is 1.40. The number of benzene rings is 1. The van der Waals surface area contributed by atoms with Crippen LogP contribution < -0.4 is 15.4 Å². The predicted molar refractivity (Wildman–Crippen MR) is 120 cm³/mol. The molecule has 154 valence electrons. The van der Waals surface area contributed by atoms with E-state index in [1.807, 2.05) is 34.9 Å². The molecule has 0 aliphatic heterocycles. The van der Waals surface area contributed by atoms with Crippen molar-refractivity contribution < 1.29 is 14.3 Å². The molecule has 0 aliphatic carbocycles. The molecule has 3 aromatic rings. The molecule has 3 rings (SSSR count). The highest BCUT2D eigenvalue weighted by Gasteiger charge is 2.13. The molecule has 0 bridgehead atoms. The lowest BCUT2D eigenvalue weighted by atomic mass is 10.1. The second kappa shape index (κ2) is 10.6. The molecule has 0 saturated heterocycles. The van der Waals surface area contributed by atoms with Gasteiger partial charge >= 0.3 is 5.97 Å². The normalized spacial score (nSPS) is 10.9. The highest BCUT2D eigenvalue weighted by atomic mass is 127. The second-order valence-electron chi connectivity index (χ2n) is 5.85. The van der Waals surface area contributed by atoms with Crippen molar-refractivity contribution >= 4 is 41.6 Å². The average molecular weight is 510 g/mol. The third-order valence-electron chi connectivity index (χ3n) is 4.15. The second-order valence-corrected chi connectivity index (χ2v) is 5.85. The first-order valence-electron chi connectivity index (χ1n) is 8.64. The summed E-state index contributed by atoms with van der Waals surface area (Å²) in [4.78, 5) is 16.1. The summed E-state index contributed by atoms with van der Waals surface area (Å²) in [6.07, 6.45) is 1.91. The average Bonchev–Trinajstić information content (AvgIpc) is 3.16. The summed E-state index contributed by atoms with van der Waals surface area (Å²) in [6, 6.07) is 11.1. The molecule has 2 aromatic heterocycles. The van der Waals surface area contributed by atoms with Gasteiger partial charge in [-0.1, -0.05) is 12.1 Å². The number of pyridine rings is 1. The van der Waals surface area contributed by atoms with E-state index in [2.05, 4.69) is 25.8 Å². The maximum Gasteiger partial charge on any atom is 0.341 e. The van der Waals surface area contributed by atoms with Crippen LogP contribution in [-0.4, -0.2) is 47.8 Å². The summed E-state index contributed by atoms with van der Waals surface area (Å²) in [5.41, 5.74) is 2.05. The minimum absolute atomic E-state index is 0. The van der Waals surface area contributed by atoms with Crippen LogP contribution in [0, 0.1) is 0 Å². The van der Waals surface area contributed by atoms with Crippen LogP contribution in [0.15, 0.2) is 47.6 Å². The monoisotopic (exact) mass is 510 g/mol. The largest absolute Gasteiger partial charge is 0.496 e. The van der Waals surface area contributed by atoms with Crippen LogP contribution in [0.5, 0.6) is 5.75 Å². The van der Waals surface area contributed by atoms with Gasteiger partial charge in [0.2, 0.25) is 0 Å². The number of nitrogens with one attached hydrogen (secondary N) is 2. The van der Waals surface area contributed by atoms with Gasteiger partial charge in [-0.2, -0.15) is 0 Å². The Morgan fingerprint density at radius 2 is 1.93 bits per heavy atom. The van der Waals surface area contributed by atoms with Gasteiger partial charge in [0.25, 0.3) is 0 Å². The van der Waals surface area contributed by atoms with Gasteiger partial charge in [-0.05, 0) is 29.8 Å². The van der Waals surface area contributed by atoms with Gasteiger partial charge in [-0.15, -0.1) is 34.2 Å². The predicted octanol–water partition coefficient (Wildman–Crippen LogP) is 2.01. The standard InChI is InChI=1S/C19H22N6O3.HI/c1-20-19(22-12-17-24-23-16-6-4-5-9-25(16)17)21-11-13-7-8-15(27-2)14(10-13)18(26)28-3;/h4-10H,11-12H2,1-3H3,(H2,20,21,22);1H. The van der Waals surface area contributed by atoms with Gasteiger partial charge in [0.1, 0.15) is 11.3 Å². The molecule has 9 nitrogen and oxygen atoms in total. The molecule has 10 heteroatoms. The van der Waals surface area contributed by atoms with Crippen molar-refractivity contribution in [1.82, 2.24) is 25.2 Å². The van der Waals surface area contributed by atoms with E-state index in [0.29, 0.717) is 30.4 Å².